The van der Waals surface area contributed by atoms with Gasteiger partial charge in [0, 0.05) is 31.1 Å². The van der Waals surface area contributed by atoms with Crippen molar-refractivity contribution in [2.45, 2.75) is 25.4 Å². The van der Waals surface area contributed by atoms with Gasteiger partial charge in [-0.25, -0.2) is 4.68 Å². The zero-order valence-electron chi connectivity index (χ0n) is 16.3. The van der Waals surface area contributed by atoms with Crippen LogP contribution in [-0.4, -0.2) is 41.6 Å². The Kier molecular flexibility index (Phi) is 6.22. The number of hydrogen-bond donors (Lipinski definition) is 1. The summed E-state index contributed by atoms with van der Waals surface area (Å²) in [5, 5.41) is 7.19. The Labute approximate surface area is 170 Å². The first kappa shape index (κ1) is 19.2. The van der Waals surface area contributed by atoms with E-state index in [1.807, 2.05) is 41.2 Å². The molecule has 29 heavy (non-hydrogen) atoms. The van der Waals surface area contributed by atoms with E-state index in [2.05, 4.69) is 22.5 Å². The van der Waals surface area contributed by atoms with Crippen molar-refractivity contribution in [3.05, 3.63) is 78.1 Å². The van der Waals surface area contributed by atoms with Crippen LogP contribution < -0.4 is 10.1 Å². The van der Waals surface area contributed by atoms with Crippen LogP contribution in [0.15, 0.2) is 67.0 Å². The van der Waals surface area contributed by atoms with E-state index in [1.165, 1.54) is 5.56 Å². The first-order chi connectivity index (χ1) is 14.3. The number of nitrogens with zero attached hydrogens (tertiary/aromatic N) is 2. The van der Waals surface area contributed by atoms with Gasteiger partial charge in [-0.1, -0.05) is 12.1 Å². The summed E-state index contributed by atoms with van der Waals surface area (Å²) in [5.41, 5.74) is 2.81. The zero-order chi connectivity index (χ0) is 19.9. The maximum atomic E-state index is 12.3. The third-order valence-electron chi connectivity index (χ3n) is 4.98. The number of nitrogens with one attached hydrogen (secondary N) is 1. The van der Waals surface area contributed by atoms with E-state index < -0.39 is 0 Å². The van der Waals surface area contributed by atoms with Crippen LogP contribution in [0.5, 0.6) is 5.75 Å². The van der Waals surface area contributed by atoms with E-state index in [1.54, 1.807) is 18.3 Å². The predicted molar refractivity (Wildman–Crippen MR) is 111 cm³/mol. The Morgan fingerprint density at radius 2 is 2.00 bits per heavy atom. The summed E-state index contributed by atoms with van der Waals surface area (Å²) in [6, 6.07) is 17.3. The molecule has 6 nitrogen and oxygen atoms in total. The van der Waals surface area contributed by atoms with Gasteiger partial charge in [0.2, 0.25) is 0 Å². The van der Waals surface area contributed by atoms with Gasteiger partial charge in [-0.15, -0.1) is 0 Å². The Bertz CT molecular complexity index is 900. The summed E-state index contributed by atoms with van der Waals surface area (Å²) in [6.45, 7) is 1.96. The molecule has 150 valence electrons. The fourth-order valence-electron chi connectivity index (χ4n) is 3.33. The lowest BCUT2D eigenvalue weighted by Crippen LogP contribution is -2.25. The van der Waals surface area contributed by atoms with Crippen LogP contribution in [-0.2, 0) is 11.2 Å². The van der Waals surface area contributed by atoms with E-state index in [9.17, 15) is 4.79 Å². The second-order valence-electron chi connectivity index (χ2n) is 7.09. The summed E-state index contributed by atoms with van der Waals surface area (Å²) < 4.78 is 13.1. The Morgan fingerprint density at radius 1 is 1.17 bits per heavy atom. The smallest absolute Gasteiger partial charge is 0.251 e. The van der Waals surface area contributed by atoms with Gasteiger partial charge in [0.25, 0.3) is 5.91 Å². The lowest BCUT2D eigenvalue weighted by atomic mass is 10.1. The van der Waals surface area contributed by atoms with Gasteiger partial charge in [0.1, 0.15) is 12.4 Å². The summed E-state index contributed by atoms with van der Waals surface area (Å²) >= 11 is 0. The molecule has 1 fully saturated rings. The summed E-state index contributed by atoms with van der Waals surface area (Å²) in [6.07, 6.45) is 6.77. The van der Waals surface area contributed by atoms with Gasteiger partial charge in [0.05, 0.1) is 11.8 Å². The third-order valence-corrected chi connectivity index (χ3v) is 4.98. The summed E-state index contributed by atoms with van der Waals surface area (Å²) in [4.78, 5) is 12.3. The number of ether oxygens (including phenoxy) is 2. The number of rotatable bonds is 8. The van der Waals surface area contributed by atoms with Crippen molar-refractivity contribution in [1.82, 2.24) is 15.1 Å². The average molecular weight is 391 g/mol. The molecule has 6 heteroatoms. The van der Waals surface area contributed by atoms with Crippen LogP contribution in [0.1, 0.15) is 28.8 Å². The Balaban J connectivity index is 1.22. The number of hydrogen-bond acceptors (Lipinski definition) is 4. The van der Waals surface area contributed by atoms with Crippen molar-refractivity contribution in [3.63, 3.8) is 0 Å². The molecule has 1 amide bonds. The minimum atomic E-state index is -0.0798. The van der Waals surface area contributed by atoms with Gasteiger partial charge in [-0.05, 0) is 67.3 Å². The molecule has 0 radical (unpaired) electrons. The Morgan fingerprint density at radius 3 is 2.69 bits per heavy atom. The molecule has 1 saturated heterocycles. The second-order valence-corrected chi connectivity index (χ2v) is 7.09. The predicted octanol–water partition coefficient (Wildman–Crippen LogP) is 3.40. The molecule has 1 N–H and O–H groups in total. The fraction of sp³-hybridized carbons (Fsp3) is 0.304. The van der Waals surface area contributed by atoms with Gasteiger partial charge >= 0.3 is 0 Å². The molecular formula is C23H25N3O3. The number of amides is 1. The number of carbonyl (C=O) groups excluding carboxylic acids is 1. The largest absolute Gasteiger partial charge is 0.491 e. The maximum absolute atomic E-state index is 12.3. The molecule has 1 atom stereocenters. The highest BCUT2D eigenvalue weighted by Crippen LogP contribution is 2.16. The van der Waals surface area contributed by atoms with Gasteiger partial charge in [-0.2, -0.15) is 5.10 Å². The molecule has 1 unspecified atom stereocenters. The van der Waals surface area contributed by atoms with Gasteiger partial charge < -0.3 is 14.8 Å². The van der Waals surface area contributed by atoms with E-state index in [0.29, 0.717) is 18.7 Å². The number of carbonyl (C=O) groups is 1. The molecule has 1 aromatic heterocycles. The fourth-order valence-corrected chi connectivity index (χ4v) is 3.33. The number of benzene rings is 2. The average Bonchev–Trinajstić information content (AvgIpc) is 3.47. The van der Waals surface area contributed by atoms with Crippen molar-refractivity contribution in [1.29, 1.82) is 0 Å². The van der Waals surface area contributed by atoms with Crippen molar-refractivity contribution < 1.29 is 14.3 Å². The third kappa shape index (κ3) is 5.23. The molecule has 1 aliphatic heterocycles. The Hall–Kier alpha value is -3.12. The monoisotopic (exact) mass is 391 g/mol. The zero-order valence-corrected chi connectivity index (χ0v) is 16.3. The van der Waals surface area contributed by atoms with Crippen LogP contribution in [0.25, 0.3) is 5.69 Å². The quantitative estimate of drug-likeness (QED) is 0.639. The molecule has 0 spiro atoms. The van der Waals surface area contributed by atoms with Gasteiger partial charge in [0.15, 0.2) is 0 Å². The molecule has 0 saturated carbocycles. The van der Waals surface area contributed by atoms with Crippen molar-refractivity contribution in [2.75, 3.05) is 19.8 Å². The van der Waals surface area contributed by atoms with Crippen LogP contribution in [0.4, 0.5) is 0 Å². The first-order valence-electron chi connectivity index (χ1n) is 9.99. The highest BCUT2D eigenvalue weighted by atomic mass is 16.5. The topological polar surface area (TPSA) is 65.4 Å². The molecule has 0 bridgehead atoms. The minimum absolute atomic E-state index is 0.0798. The van der Waals surface area contributed by atoms with E-state index in [0.717, 1.165) is 37.3 Å². The molecule has 2 aromatic carbocycles. The van der Waals surface area contributed by atoms with Crippen LogP contribution in [0.3, 0.4) is 0 Å². The molecule has 0 aliphatic carbocycles. The van der Waals surface area contributed by atoms with Crippen LogP contribution in [0.2, 0.25) is 0 Å². The lowest BCUT2D eigenvalue weighted by Gasteiger charge is -2.12. The maximum Gasteiger partial charge on any atom is 0.251 e. The first-order valence-corrected chi connectivity index (χ1v) is 9.99. The normalized spacial score (nSPS) is 15.9. The minimum Gasteiger partial charge on any atom is -0.491 e. The van der Waals surface area contributed by atoms with Crippen LogP contribution >= 0.6 is 0 Å². The molecular weight excluding hydrogens is 366 g/mol. The summed E-state index contributed by atoms with van der Waals surface area (Å²) in [7, 11) is 0. The van der Waals surface area contributed by atoms with Crippen molar-refractivity contribution in [2.24, 2.45) is 0 Å². The summed E-state index contributed by atoms with van der Waals surface area (Å²) in [5.74, 6) is 0.679. The van der Waals surface area contributed by atoms with E-state index >= 15 is 0 Å². The highest BCUT2D eigenvalue weighted by Gasteiger charge is 2.16. The van der Waals surface area contributed by atoms with E-state index in [-0.39, 0.29) is 12.0 Å². The second kappa shape index (κ2) is 9.39. The highest BCUT2D eigenvalue weighted by molar-refractivity contribution is 5.94. The standard InChI is InChI=1S/C23H25N3O3/c27-23(19-6-10-21(11-7-19)29-17-22-3-1-16-28-22)24-14-12-18-4-8-20(9-5-18)26-15-2-13-25-26/h2,4-11,13,15,22H,1,3,12,14,16-17H2,(H,24,27). The van der Waals surface area contributed by atoms with E-state index in [4.69, 9.17) is 9.47 Å². The number of aromatic nitrogens is 2. The van der Waals surface area contributed by atoms with Crippen LogP contribution in [0, 0.1) is 0 Å². The van der Waals surface area contributed by atoms with Crippen molar-refractivity contribution in [3.8, 4) is 11.4 Å². The molecule has 3 aromatic rings. The van der Waals surface area contributed by atoms with Crippen molar-refractivity contribution >= 4 is 5.91 Å². The molecule has 1 aliphatic rings. The lowest BCUT2D eigenvalue weighted by molar-refractivity contribution is 0.0679. The SMILES string of the molecule is O=C(NCCc1ccc(-n2cccn2)cc1)c1ccc(OCC2CCCO2)cc1. The molecule has 4 rings (SSSR count). The molecule has 2 heterocycles. The van der Waals surface area contributed by atoms with Gasteiger partial charge in [-0.3, -0.25) is 4.79 Å².